The van der Waals surface area contributed by atoms with Crippen molar-refractivity contribution in [1.82, 2.24) is 9.80 Å². The Morgan fingerprint density at radius 1 is 0.974 bits per heavy atom. The second-order valence-corrected chi connectivity index (χ2v) is 10.4. The van der Waals surface area contributed by atoms with Crippen LogP contribution >= 0.6 is 23.2 Å². The first-order valence-corrected chi connectivity index (χ1v) is 13.3. The predicted molar refractivity (Wildman–Crippen MR) is 147 cm³/mol. The molecule has 0 bridgehead atoms. The fourth-order valence-corrected chi connectivity index (χ4v) is 4.77. The SMILES string of the molecule is COc1ccc(CCN(Cc2ccc(C)o2)C(=O)CN(CC2CC2)C(=O)c2ccc(Cl)cc2Cl)cc1OC. The molecule has 38 heavy (non-hydrogen) atoms. The van der Waals surface area contributed by atoms with Crippen molar-refractivity contribution in [3.05, 3.63) is 81.2 Å². The van der Waals surface area contributed by atoms with Crippen LogP contribution in [0.2, 0.25) is 10.0 Å². The van der Waals surface area contributed by atoms with Crippen LogP contribution in [0.5, 0.6) is 11.5 Å². The minimum Gasteiger partial charge on any atom is -0.493 e. The summed E-state index contributed by atoms with van der Waals surface area (Å²) in [6.07, 6.45) is 2.67. The number of nitrogens with zero attached hydrogens (tertiary/aromatic N) is 2. The molecule has 9 heteroatoms. The summed E-state index contributed by atoms with van der Waals surface area (Å²) in [5.74, 6) is 2.68. The van der Waals surface area contributed by atoms with E-state index in [1.165, 1.54) is 0 Å². The standard InChI is InChI=1S/C29H32Cl2N2O5/c1-19-4-9-23(38-19)17-32(13-12-20-7-11-26(36-2)27(14-20)37-3)28(34)18-33(16-21-5-6-21)29(35)24-10-8-22(30)15-25(24)31/h4,7-11,14-15,21H,5-6,12-13,16-18H2,1-3H3. The molecule has 1 saturated carbocycles. The van der Waals surface area contributed by atoms with E-state index in [1.54, 1.807) is 42.2 Å². The van der Waals surface area contributed by atoms with Crippen molar-refractivity contribution in [1.29, 1.82) is 0 Å². The number of amides is 2. The molecule has 7 nitrogen and oxygen atoms in total. The molecule has 0 unspecified atom stereocenters. The number of hydrogen-bond donors (Lipinski definition) is 0. The van der Waals surface area contributed by atoms with Gasteiger partial charge in [-0.3, -0.25) is 9.59 Å². The van der Waals surface area contributed by atoms with Gasteiger partial charge in [0.25, 0.3) is 5.91 Å². The summed E-state index contributed by atoms with van der Waals surface area (Å²) in [7, 11) is 3.18. The van der Waals surface area contributed by atoms with Crippen LogP contribution in [-0.2, 0) is 17.8 Å². The molecule has 1 fully saturated rings. The molecule has 0 saturated heterocycles. The van der Waals surface area contributed by atoms with E-state index in [4.69, 9.17) is 37.1 Å². The maximum atomic E-state index is 13.7. The Morgan fingerprint density at radius 2 is 1.74 bits per heavy atom. The van der Waals surface area contributed by atoms with Crippen molar-refractivity contribution in [2.75, 3.05) is 33.9 Å². The lowest BCUT2D eigenvalue weighted by atomic mass is 10.1. The molecule has 2 amide bonds. The van der Waals surface area contributed by atoms with E-state index < -0.39 is 0 Å². The van der Waals surface area contributed by atoms with Crippen molar-refractivity contribution in [3.8, 4) is 11.5 Å². The quantitative estimate of drug-likeness (QED) is 0.271. The zero-order valence-corrected chi connectivity index (χ0v) is 23.3. The van der Waals surface area contributed by atoms with Gasteiger partial charge in [-0.15, -0.1) is 0 Å². The van der Waals surface area contributed by atoms with Gasteiger partial charge in [0.2, 0.25) is 5.91 Å². The van der Waals surface area contributed by atoms with Gasteiger partial charge in [-0.05, 0) is 80.1 Å². The smallest absolute Gasteiger partial charge is 0.255 e. The number of benzene rings is 2. The molecule has 1 aliphatic carbocycles. The van der Waals surface area contributed by atoms with Gasteiger partial charge in [-0.25, -0.2) is 0 Å². The fraction of sp³-hybridized carbons (Fsp3) is 0.379. The molecule has 4 rings (SSSR count). The van der Waals surface area contributed by atoms with E-state index in [2.05, 4.69) is 0 Å². The Hall–Kier alpha value is -3.16. The van der Waals surface area contributed by atoms with E-state index >= 15 is 0 Å². The summed E-state index contributed by atoms with van der Waals surface area (Å²) < 4.78 is 16.5. The molecule has 3 aromatic rings. The molecule has 1 heterocycles. The lowest BCUT2D eigenvalue weighted by Crippen LogP contribution is -2.44. The van der Waals surface area contributed by atoms with Gasteiger partial charge in [-0.2, -0.15) is 0 Å². The van der Waals surface area contributed by atoms with Crippen LogP contribution < -0.4 is 9.47 Å². The minimum atomic E-state index is -0.277. The minimum absolute atomic E-state index is 0.0556. The number of ether oxygens (including phenoxy) is 2. The third-order valence-electron chi connectivity index (χ3n) is 6.56. The number of carbonyl (C=O) groups is 2. The van der Waals surface area contributed by atoms with Gasteiger partial charge in [0, 0.05) is 18.1 Å². The summed E-state index contributed by atoms with van der Waals surface area (Å²) in [5.41, 5.74) is 1.33. The Kier molecular flexibility index (Phi) is 9.23. The Bertz CT molecular complexity index is 1290. The van der Waals surface area contributed by atoms with Crippen molar-refractivity contribution in [3.63, 3.8) is 0 Å². The van der Waals surface area contributed by atoms with Gasteiger partial charge < -0.3 is 23.7 Å². The Morgan fingerprint density at radius 3 is 2.37 bits per heavy atom. The lowest BCUT2D eigenvalue weighted by Gasteiger charge is -2.28. The number of furan rings is 1. The van der Waals surface area contributed by atoms with Crippen LogP contribution in [-0.4, -0.2) is 55.5 Å². The molecular formula is C29H32Cl2N2O5. The highest BCUT2D eigenvalue weighted by atomic mass is 35.5. The van der Waals surface area contributed by atoms with E-state index in [0.29, 0.717) is 59.8 Å². The highest BCUT2D eigenvalue weighted by molar-refractivity contribution is 6.36. The lowest BCUT2D eigenvalue weighted by molar-refractivity contribution is -0.132. The zero-order chi connectivity index (χ0) is 27.2. The highest BCUT2D eigenvalue weighted by Crippen LogP contribution is 2.31. The molecule has 0 spiro atoms. The van der Waals surface area contributed by atoms with Crippen LogP contribution in [0.1, 0.15) is 40.3 Å². The molecule has 0 radical (unpaired) electrons. The number of methoxy groups -OCH3 is 2. The molecule has 1 aromatic heterocycles. The normalized spacial score (nSPS) is 12.8. The van der Waals surface area contributed by atoms with Crippen molar-refractivity contribution in [2.45, 2.75) is 32.7 Å². The van der Waals surface area contributed by atoms with Crippen LogP contribution in [0.3, 0.4) is 0 Å². The average Bonchev–Trinajstić information content (AvgIpc) is 3.63. The first-order chi connectivity index (χ1) is 18.3. The van der Waals surface area contributed by atoms with Crippen LogP contribution in [0, 0.1) is 12.8 Å². The van der Waals surface area contributed by atoms with Gasteiger partial charge in [-0.1, -0.05) is 29.3 Å². The Balaban J connectivity index is 1.53. The van der Waals surface area contributed by atoms with Crippen molar-refractivity contribution in [2.24, 2.45) is 5.92 Å². The summed E-state index contributed by atoms with van der Waals surface area (Å²) in [5, 5.41) is 0.721. The van der Waals surface area contributed by atoms with E-state index in [1.807, 2.05) is 37.3 Å². The molecule has 202 valence electrons. The first kappa shape index (κ1) is 27.9. The first-order valence-electron chi connectivity index (χ1n) is 12.6. The molecule has 0 atom stereocenters. The summed E-state index contributed by atoms with van der Waals surface area (Å²) in [6, 6.07) is 14.2. The molecule has 1 aliphatic rings. The van der Waals surface area contributed by atoms with Crippen LogP contribution in [0.4, 0.5) is 0 Å². The number of rotatable bonds is 12. The highest BCUT2D eigenvalue weighted by Gasteiger charge is 2.30. The number of carbonyl (C=O) groups excluding carboxylic acids is 2. The van der Waals surface area contributed by atoms with E-state index in [9.17, 15) is 9.59 Å². The largest absolute Gasteiger partial charge is 0.493 e. The Labute approximate surface area is 233 Å². The monoisotopic (exact) mass is 558 g/mol. The van der Waals surface area contributed by atoms with Crippen LogP contribution in [0.15, 0.2) is 52.9 Å². The zero-order valence-electron chi connectivity index (χ0n) is 21.8. The fourth-order valence-electron chi connectivity index (χ4n) is 4.28. The molecule has 0 N–H and O–H groups in total. The summed E-state index contributed by atoms with van der Waals surface area (Å²) in [6.45, 7) is 3.05. The summed E-state index contributed by atoms with van der Waals surface area (Å²) in [4.78, 5) is 30.5. The van der Waals surface area contributed by atoms with Crippen LogP contribution in [0.25, 0.3) is 0 Å². The number of aryl methyl sites for hydroxylation is 1. The summed E-state index contributed by atoms with van der Waals surface area (Å²) >= 11 is 12.4. The van der Waals surface area contributed by atoms with E-state index in [0.717, 1.165) is 24.2 Å². The number of halogens is 2. The third-order valence-corrected chi connectivity index (χ3v) is 7.11. The van der Waals surface area contributed by atoms with E-state index in [-0.39, 0.29) is 23.4 Å². The molecule has 0 aliphatic heterocycles. The molecule has 2 aromatic carbocycles. The molecular weight excluding hydrogens is 527 g/mol. The van der Waals surface area contributed by atoms with Crippen molar-refractivity contribution >= 4 is 35.0 Å². The maximum Gasteiger partial charge on any atom is 0.255 e. The van der Waals surface area contributed by atoms with Gasteiger partial charge >= 0.3 is 0 Å². The number of hydrogen-bond acceptors (Lipinski definition) is 5. The second-order valence-electron chi connectivity index (χ2n) is 9.52. The van der Waals surface area contributed by atoms with Gasteiger partial charge in [0.05, 0.1) is 31.4 Å². The van der Waals surface area contributed by atoms with Gasteiger partial charge in [0.15, 0.2) is 11.5 Å². The van der Waals surface area contributed by atoms with Crippen molar-refractivity contribution < 1.29 is 23.5 Å². The topological polar surface area (TPSA) is 72.2 Å². The average molecular weight is 559 g/mol. The second kappa shape index (κ2) is 12.6. The third kappa shape index (κ3) is 7.23. The van der Waals surface area contributed by atoms with Gasteiger partial charge in [0.1, 0.15) is 18.1 Å². The maximum absolute atomic E-state index is 13.7. The predicted octanol–water partition coefficient (Wildman–Crippen LogP) is 6.04.